The van der Waals surface area contributed by atoms with Gasteiger partial charge in [-0.3, -0.25) is 4.31 Å². The molecule has 1 aliphatic heterocycles. The molecule has 7 nitrogen and oxygen atoms in total. The molecule has 0 bridgehead atoms. The Balaban J connectivity index is 1.49. The van der Waals surface area contributed by atoms with Gasteiger partial charge in [-0.15, -0.1) is 0 Å². The normalized spacial score (nSPS) is 13.8. The fourth-order valence-corrected chi connectivity index (χ4v) is 5.91. The highest BCUT2D eigenvalue weighted by atomic mass is 32.2. The molecule has 1 heterocycles. The van der Waals surface area contributed by atoms with Gasteiger partial charge in [0, 0.05) is 31.5 Å². The van der Waals surface area contributed by atoms with Gasteiger partial charge in [0.15, 0.2) is 0 Å². The maximum Gasteiger partial charge on any atom is 0.337 e. The van der Waals surface area contributed by atoms with Gasteiger partial charge in [0.05, 0.1) is 18.4 Å². The molecule has 0 saturated carbocycles. The van der Waals surface area contributed by atoms with E-state index in [1.165, 1.54) is 21.3 Å². The largest absolute Gasteiger partial charge is 0.465 e. The van der Waals surface area contributed by atoms with E-state index in [0.29, 0.717) is 24.3 Å². The Morgan fingerprint density at radius 1 is 1.00 bits per heavy atom. The Bertz CT molecular complexity index is 1360. The lowest BCUT2D eigenvalue weighted by molar-refractivity contribution is 0.0600. The van der Waals surface area contributed by atoms with Crippen molar-refractivity contribution in [1.29, 1.82) is 0 Å². The Morgan fingerprint density at radius 3 is 2.27 bits per heavy atom. The number of rotatable bonds is 7. The third-order valence-electron chi connectivity index (χ3n) is 6.65. The first-order chi connectivity index (χ1) is 17.5. The van der Waals surface area contributed by atoms with Crippen molar-refractivity contribution in [2.75, 3.05) is 30.3 Å². The van der Waals surface area contributed by atoms with E-state index in [1.807, 2.05) is 42.5 Å². The predicted molar refractivity (Wildman–Crippen MR) is 149 cm³/mol. The van der Waals surface area contributed by atoms with Gasteiger partial charge in [0.25, 0.3) is 0 Å². The number of nitrogens with zero attached hydrogens (tertiary/aromatic N) is 2. The minimum absolute atomic E-state index is 0.0498. The number of fused-ring (bicyclic) bond motifs is 1. The summed E-state index contributed by atoms with van der Waals surface area (Å²) < 4.78 is 34.8. The van der Waals surface area contributed by atoms with Crippen LogP contribution in [0.2, 0.25) is 0 Å². The van der Waals surface area contributed by atoms with Crippen LogP contribution < -0.4 is 9.62 Å². The van der Waals surface area contributed by atoms with Gasteiger partial charge in [-0.2, -0.15) is 12.7 Å². The number of benzene rings is 3. The molecule has 3 aromatic carbocycles. The Labute approximate surface area is 220 Å². The zero-order chi connectivity index (χ0) is 26.8. The lowest BCUT2D eigenvalue weighted by Crippen LogP contribution is -2.44. The lowest BCUT2D eigenvalue weighted by atomic mass is 9.87. The molecule has 0 fully saturated rings. The maximum atomic E-state index is 13.6. The Hall–Kier alpha value is -3.36. The number of carbonyl (C=O) groups is 1. The van der Waals surface area contributed by atoms with Gasteiger partial charge >= 0.3 is 16.2 Å². The average molecular weight is 522 g/mol. The van der Waals surface area contributed by atoms with Crippen molar-refractivity contribution < 1.29 is 17.9 Å². The van der Waals surface area contributed by atoms with Gasteiger partial charge in [0.2, 0.25) is 0 Å². The second kappa shape index (κ2) is 10.6. The van der Waals surface area contributed by atoms with E-state index in [2.05, 4.69) is 38.2 Å². The number of esters is 1. The second-order valence-electron chi connectivity index (χ2n) is 10.4. The Kier molecular flexibility index (Phi) is 7.62. The molecule has 0 unspecified atom stereocenters. The fraction of sp³-hybridized carbons (Fsp3) is 0.345. The Morgan fingerprint density at radius 2 is 1.65 bits per heavy atom. The molecule has 0 atom stereocenters. The van der Waals surface area contributed by atoms with E-state index in [9.17, 15) is 13.2 Å². The van der Waals surface area contributed by atoms with E-state index in [1.54, 1.807) is 19.2 Å². The highest BCUT2D eigenvalue weighted by Crippen LogP contribution is 2.33. The quantitative estimate of drug-likeness (QED) is 0.407. The van der Waals surface area contributed by atoms with Gasteiger partial charge in [-0.25, -0.2) is 4.79 Å². The molecule has 4 rings (SSSR count). The topological polar surface area (TPSA) is 79.0 Å². The van der Waals surface area contributed by atoms with E-state index < -0.39 is 10.2 Å². The van der Waals surface area contributed by atoms with Crippen molar-refractivity contribution in [2.24, 2.45) is 0 Å². The maximum absolute atomic E-state index is 13.6. The van der Waals surface area contributed by atoms with Gasteiger partial charge < -0.3 is 10.1 Å². The molecule has 0 spiro atoms. The van der Waals surface area contributed by atoms with Crippen molar-refractivity contribution in [3.8, 4) is 0 Å². The highest BCUT2D eigenvalue weighted by Gasteiger charge is 2.31. The van der Waals surface area contributed by atoms with E-state index in [4.69, 9.17) is 4.74 Å². The number of anilines is 3. The molecule has 0 amide bonds. The van der Waals surface area contributed by atoms with Crippen LogP contribution in [0.25, 0.3) is 0 Å². The zero-order valence-corrected chi connectivity index (χ0v) is 22.9. The minimum atomic E-state index is -3.70. The van der Waals surface area contributed by atoms with Crippen LogP contribution in [0.1, 0.15) is 54.2 Å². The lowest BCUT2D eigenvalue weighted by Gasteiger charge is -2.34. The minimum Gasteiger partial charge on any atom is -0.465 e. The number of hydrogen-bond donors (Lipinski definition) is 1. The molecule has 1 aliphatic rings. The predicted octanol–water partition coefficient (Wildman–Crippen LogP) is 5.64. The van der Waals surface area contributed by atoms with E-state index in [0.717, 1.165) is 35.3 Å². The molecule has 8 heteroatoms. The summed E-state index contributed by atoms with van der Waals surface area (Å²) in [7, 11) is -0.709. The summed E-state index contributed by atoms with van der Waals surface area (Å²) in [5.41, 5.74) is 6.08. The van der Waals surface area contributed by atoms with Crippen LogP contribution in [0.15, 0.2) is 66.7 Å². The molecule has 0 saturated heterocycles. The summed E-state index contributed by atoms with van der Waals surface area (Å²) in [5, 5.41) is 3.33. The number of aryl methyl sites for hydroxylation is 1. The zero-order valence-electron chi connectivity index (χ0n) is 22.1. The first-order valence-corrected chi connectivity index (χ1v) is 13.8. The van der Waals surface area contributed by atoms with Crippen molar-refractivity contribution >= 4 is 33.2 Å². The molecular weight excluding hydrogens is 486 g/mol. The SMILES string of the molecule is COC(=O)c1ccc(Nc2ccc3c(c2)CCCN3S(=O)(=O)N(C)Cc2ccc(C(C)(C)C)cc2)cc1. The smallest absolute Gasteiger partial charge is 0.337 e. The third kappa shape index (κ3) is 5.97. The average Bonchev–Trinajstić information content (AvgIpc) is 2.88. The molecule has 3 aromatic rings. The number of hydrogen-bond acceptors (Lipinski definition) is 5. The summed E-state index contributed by atoms with van der Waals surface area (Å²) in [6.45, 7) is 7.24. The van der Waals surface area contributed by atoms with Crippen molar-refractivity contribution in [3.05, 3.63) is 89.0 Å². The van der Waals surface area contributed by atoms with Gasteiger partial charge in [0.1, 0.15) is 0 Å². The van der Waals surface area contributed by atoms with Crippen LogP contribution in [0.4, 0.5) is 17.1 Å². The number of carbonyl (C=O) groups excluding carboxylic acids is 1. The number of ether oxygens (including phenoxy) is 1. The van der Waals surface area contributed by atoms with Crippen molar-refractivity contribution in [2.45, 2.75) is 45.6 Å². The van der Waals surface area contributed by atoms with Crippen molar-refractivity contribution in [3.63, 3.8) is 0 Å². The number of methoxy groups -OCH3 is 1. The molecule has 196 valence electrons. The summed E-state index contributed by atoms with van der Waals surface area (Å²) >= 11 is 0. The van der Waals surface area contributed by atoms with Crippen molar-refractivity contribution in [1.82, 2.24) is 4.31 Å². The summed E-state index contributed by atoms with van der Waals surface area (Å²) in [4.78, 5) is 11.7. The standard InChI is InChI=1S/C29H35N3O4S/c1-29(2,3)24-12-8-21(9-13-24)20-31(4)37(34,35)32-18-6-7-23-19-26(16-17-27(23)32)30-25-14-10-22(11-15-25)28(33)36-5/h8-17,19,30H,6-7,18,20H2,1-5H3. The first-order valence-electron chi connectivity index (χ1n) is 12.4. The molecular formula is C29H35N3O4S. The molecule has 1 N–H and O–H groups in total. The first kappa shape index (κ1) is 26.7. The van der Waals surface area contributed by atoms with Crippen LogP contribution >= 0.6 is 0 Å². The van der Waals surface area contributed by atoms with E-state index >= 15 is 0 Å². The van der Waals surface area contributed by atoms with Crippen LogP contribution in [0.5, 0.6) is 0 Å². The summed E-state index contributed by atoms with van der Waals surface area (Å²) in [6.07, 6.45) is 1.55. The van der Waals surface area contributed by atoms with Crippen LogP contribution in [0, 0.1) is 0 Å². The highest BCUT2D eigenvalue weighted by molar-refractivity contribution is 7.90. The fourth-order valence-electron chi connectivity index (χ4n) is 4.47. The summed E-state index contributed by atoms with van der Waals surface area (Å²) in [6, 6.07) is 20.9. The van der Waals surface area contributed by atoms with Crippen LogP contribution in [0.3, 0.4) is 0 Å². The monoisotopic (exact) mass is 521 g/mol. The van der Waals surface area contributed by atoms with E-state index in [-0.39, 0.29) is 11.4 Å². The van der Waals surface area contributed by atoms with Gasteiger partial charge in [-0.05, 0) is 77.4 Å². The molecule has 0 aromatic heterocycles. The van der Waals surface area contributed by atoms with Crippen LogP contribution in [-0.2, 0) is 33.3 Å². The number of nitrogens with one attached hydrogen (secondary N) is 1. The molecule has 37 heavy (non-hydrogen) atoms. The third-order valence-corrected chi connectivity index (χ3v) is 8.50. The summed E-state index contributed by atoms with van der Waals surface area (Å²) in [5.74, 6) is -0.381. The molecule has 0 radical (unpaired) electrons. The van der Waals surface area contributed by atoms with Gasteiger partial charge in [-0.1, -0.05) is 45.0 Å². The second-order valence-corrected chi connectivity index (χ2v) is 12.4. The van der Waals surface area contributed by atoms with Crippen LogP contribution in [-0.4, -0.2) is 39.4 Å². The molecule has 0 aliphatic carbocycles.